The zero-order valence-electron chi connectivity index (χ0n) is 15.5. The van der Waals surface area contributed by atoms with Gasteiger partial charge in [0.2, 0.25) is 10.5 Å². The predicted molar refractivity (Wildman–Crippen MR) is 105 cm³/mol. The maximum Gasteiger partial charge on any atom is 0.221 e. The van der Waals surface area contributed by atoms with Crippen LogP contribution in [0.2, 0.25) is 0 Å². The summed E-state index contributed by atoms with van der Waals surface area (Å²) < 4.78 is 0. The minimum absolute atomic E-state index is 0.200. The molecule has 24 heavy (non-hydrogen) atoms. The van der Waals surface area contributed by atoms with E-state index in [1.165, 1.54) is 64.2 Å². The van der Waals surface area contributed by atoms with Crippen LogP contribution in [-0.2, 0) is 9.59 Å². The Balaban J connectivity index is 3.36. The van der Waals surface area contributed by atoms with Gasteiger partial charge in [0.25, 0.3) is 0 Å². The van der Waals surface area contributed by atoms with E-state index in [-0.39, 0.29) is 10.5 Å². The van der Waals surface area contributed by atoms with Gasteiger partial charge >= 0.3 is 0 Å². The van der Waals surface area contributed by atoms with Crippen molar-refractivity contribution in [1.82, 2.24) is 0 Å². The standard InChI is InChI=1S/C20H36Cl2O2/c1-2-18(15-11-8-9-13-17-20(22)24)14-10-6-4-3-5-7-12-16-19(21)23/h18H,2-17H2,1H3. The monoisotopic (exact) mass is 378 g/mol. The molecular formula is C20H36Cl2O2. The van der Waals surface area contributed by atoms with Crippen LogP contribution in [0.3, 0.4) is 0 Å². The molecule has 0 aliphatic heterocycles. The zero-order valence-corrected chi connectivity index (χ0v) is 17.0. The van der Waals surface area contributed by atoms with Gasteiger partial charge in [-0.3, -0.25) is 9.59 Å². The Morgan fingerprint density at radius 2 is 0.958 bits per heavy atom. The quantitative estimate of drug-likeness (QED) is 0.184. The van der Waals surface area contributed by atoms with Crippen molar-refractivity contribution in [2.24, 2.45) is 5.92 Å². The topological polar surface area (TPSA) is 34.1 Å². The van der Waals surface area contributed by atoms with Crippen LogP contribution in [0.4, 0.5) is 0 Å². The van der Waals surface area contributed by atoms with E-state index in [1.54, 1.807) is 0 Å². The molecule has 142 valence electrons. The number of hydrogen-bond donors (Lipinski definition) is 0. The lowest BCUT2D eigenvalue weighted by atomic mass is 9.92. The zero-order chi connectivity index (χ0) is 18.0. The van der Waals surface area contributed by atoms with Crippen molar-refractivity contribution in [3.63, 3.8) is 0 Å². The number of rotatable bonds is 18. The first-order chi connectivity index (χ1) is 11.6. The fourth-order valence-electron chi connectivity index (χ4n) is 3.18. The highest BCUT2D eigenvalue weighted by Gasteiger charge is 2.06. The Bertz CT molecular complexity index is 319. The third-order valence-corrected chi connectivity index (χ3v) is 5.18. The van der Waals surface area contributed by atoms with E-state index in [0.29, 0.717) is 12.8 Å². The molecule has 0 aliphatic rings. The normalized spacial score (nSPS) is 12.3. The molecule has 0 saturated heterocycles. The lowest BCUT2D eigenvalue weighted by Gasteiger charge is -2.14. The molecule has 0 N–H and O–H groups in total. The van der Waals surface area contributed by atoms with E-state index < -0.39 is 0 Å². The molecule has 0 aromatic carbocycles. The molecule has 0 bridgehead atoms. The molecule has 0 amide bonds. The first-order valence-corrected chi connectivity index (χ1v) is 10.7. The van der Waals surface area contributed by atoms with Crippen molar-refractivity contribution in [2.45, 2.75) is 110 Å². The van der Waals surface area contributed by atoms with Gasteiger partial charge in [-0.1, -0.05) is 84.0 Å². The summed E-state index contributed by atoms with van der Waals surface area (Å²) in [6.07, 6.45) is 18.2. The lowest BCUT2D eigenvalue weighted by molar-refractivity contribution is -0.112. The van der Waals surface area contributed by atoms with Crippen LogP contribution < -0.4 is 0 Å². The molecule has 0 fully saturated rings. The van der Waals surface area contributed by atoms with E-state index in [0.717, 1.165) is 31.6 Å². The van der Waals surface area contributed by atoms with Crippen molar-refractivity contribution in [1.29, 1.82) is 0 Å². The van der Waals surface area contributed by atoms with Crippen LogP contribution in [0.25, 0.3) is 0 Å². The fraction of sp³-hybridized carbons (Fsp3) is 0.900. The first-order valence-electron chi connectivity index (χ1n) is 9.93. The highest BCUT2D eigenvalue weighted by Crippen LogP contribution is 2.21. The molecule has 0 radical (unpaired) electrons. The minimum Gasteiger partial charge on any atom is -0.281 e. The van der Waals surface area contributed by atoms with Gasteiger partial charge in [0.15, 0.2) is 0 Å². The van der Waals surface area contributed by atoms with Crippen molar-refractivity contribution in [3.05, 3.63) is 0 Å². The van der Waals surface area contributed by atoms with Gasteiger partial charge < -0.3 is 0 Å². The van der Waals surface area contributed by atoms with Crippen LogP contribution in [0.5, 0.6) is 0 Å². The van der Waals surface area contributed by atoms with Gasteiger partial charge in [0.05, 0.1) is 0 Å². The molecule has 0 aromatic rings. The minimum atomic E-state index is -0.201. The van der Waals surface area contributed by atoms with Crippen molar-refractivity contribution >= 4 is 33.7 Å². The SMILES string of the molecule is CCC(CCCCCCCCCC(=O)Cl)CCCCCCC(=O)Cl. The average molecular weight is 379 g/mol. The van der Waals surface area contributed by atoms with Crippen molar-refractivity contribution in [3.8, 4) is 0 Å². The summed E-state index contributed by atoms with van der Waals surface area (Å²) >= 11 is 10.7. The molecule has 1 unspecified atom stereocenters. The van der Waals surface area contributed by atoms with Crippen LogP contribution in [-0.4, -0.2) is 10.5 Å². The summed E-state index contributed by atoms with van der Waals surface area (Å²) in [5.41, 5.74) is 0. The molecule has 0 spiro atoms. The molecular weight excluding hydrogens is 343 g/mol. The summed E-state index contributed by atoms with van der Waals surface area (Å²) in [5, 5.41) is -0.401. The maximum absolute atomic E-state index is 10.6. The molecule has 1 atom stereocenters. The van der Waals surface area contributed by atoms with E-state index in [1.807, 2.05) is 0 Å². The van der Waals surface area contributed by atoms with Crippen molar-refractivity contribution < 1.29 is 9.59 Å². The summed E-state index contributed by atoms with van der Waals surface area (Å²) in [6.45, 7) is 2.30. The Morgan fingerprint density at radius 1 is 0.625 bits per heavy atom. The number of carbonyl (C=O) groups is 2. The lowest BCUT2D eigenvalue weighted by Crippen LogP contribution is -1.99. The fourth-order valence-corrected chi connectivity index (χ4v) is 3.45. The Hall–Kier alpha value is -0.0800. The van der Waals surface area contributed by atoms with Crippen LogP contribution in [0.1, 0.15) is 110 Å². The number of hydrogen-bond acceptors (Lipinski definition) is 2. The predicted octanol–water partition coefficient (Wildman–Crippen LogP) is 7.39. The summed E-state index contributed by atoms with van der Waals surface area (Å²) in [4.78, 5) is 21.3. The van der Waals surface area contributed by atoms with E-state index in [2.05, 4.69) is 6.92 Å². The van der Waals surface area contributed by atoms with Gasteiger partial charge in [-0.2, -0.15) is 0 Å². The Morgan fingerprint density at radius 3 is 1.29 bits per heavy atom. The highest BCUT2D eigenvalue weighted by atomic mass is 35.5. The molecule has 0 saturated carbocycles. The molecule has 0 rings (SSSR count). The van der Waals surface area contributed by atoms with E-state index >= 15 is 0 Å². The largest absolute Gasteiger partial charge is 0.281 e. The van der Waals surface area contributed by atoms with Crippen molar-refractivity contribution in [2.75, 3.05) is 0 Å². The third-order valence-electron chi connectivity index (χ3n) is 4.80. The summed E-state index contributed by atoms with van der Waals surface area (Å²) in [5.74, 6) is 0.870. The first kappa shape index (κ1) is 23.9. The maximum atomic E-state index is 10.6. The van der Waals surface area contributed by atoms with Gasteiger partial charge in [0, 0.05) is 12.8 Å². The van der Waals surface area contributed by atoms with Crippen LogP contribution >= 0.6 is 23.2 Å². The van der Waals surface area contributed by atoms with Gasteiger partial charge in [-0.15, -0.1) is 0 Å². The van der Waals surface area contributed by atoms with Gasteiger partial charge in [-0.25, -0.2) is 0 Å². The third kappa shape index (κ3) is 18.3. The Kier molecular flexibility index (Phi) is 17.7. The van der Waals surface area contributed by atoms with Crippen LogP contribution in [0, 0.1) is 5.92 Å². The number of halogens is 2. The second-order valence-corrected chi connectivity index (χ2v) is 7.79. The molecule has 0 heterocycles. The molecule has 2 nitrogen and oxygen atoms in total. The molecule has 0 aliphatic carbocycles. The van der Waals surface area contributed by atoms with Crippen LogP contribution in [0.15, 0.2) is 0 Å². The second-order valence-electron chi connectivity index (χ2n) is 6.95. The van der Waals surface area contributed by atoms with E-state index in [9.17, 15) is 9.59 Å². The average Bonchev–Trinajstić information content (AvgIpc) is 2.53. The smallest absolute Gasteiger partial charge is 0.221 e. The number of carbonyl (C=O) groups excluding carboxylic acids is 2. The summed E-state index contributed by atoms with van der Waals surface area (Å²) in [7, 11) is 0. The number of unbranched alkanes of at least 4 members (excludes halogenated alkanes) is 9. The second kappa shape index (κ2) is 17.7. The highest BCUT2D eigenvalue weighted by molar-refractivity contribution is 6.63. The summed E-state index contributed by atoms with van der Waals surface area (Å²) in [6, 6.07) is 0. The van der Waals surface area contributed by atoms with E-state index in [4.69, 9.17) is 23.2 Å². The molecule has 4 heteroatoms. The molecule has 0 aromatic heterocycles. The Labute approximate surface area is 159 Å². The van der Waals surface area contributed by atoms with Gasteiger partial charge in [0.1, 0.15) is 0 Å². The van der Waals surface area contributed by atoms with Gasteiger partial charge in [-0.05, 0) is 42.0 Å².